The normalized spacial score (nSPS) is 29.7. The molecule has 0 aliphatic carbocycles. The summed E-state index contributed by atoms with van der Waals surface area (Å²) in [4.78, 5) is 33.6. The summed E-state index contributed by atoms with van der Waals surface area (Å²) in [5, 5.41) is 0. The van der Waals surface area contributed by atoms with Gasteiger partial charge >= 0.3 is 0 Å². The summed E-state index contributed by atoms with van der Waals surface area (Å²) in [5.74, 6) is 0.512. The molecule has 2 amide bonds. The number of piperidine rings is 1. The second kappa shape index (κ2) is 7.33. The van der Waals surface area contributed by atoms with Crippen LogP contribution in [0.15, 0.2) is 0 Å². The first-order chi connectivity index (χ1) is 12.9. The van der Waals surface area contributed by atoms with Gasteiger partial charge in [0.1, 0.15) is 0 Å². The van der Waals surface area contributed by atoms with Crippen molar-refractivity contribution in [1.29, 1.82) is 0 Å². The van der Waals surface area contributed by atoms with E-state index in [9.17, 15) is 9.59 Å². The number of fused-ring (bicyclic) bond motifs is 2. The van der Waals surface area contributed by atoms with E-state index in [0.717, 1.165) is 71.9 Å². The maximum Gasteiger partial charge on any atom is 0.225 e. The lowest BCUT2D eigenvalue weighted by molar-refractivity contribution is -0.183. The number of amides is 2. The monoisotopic (exact) mass is 378 g/mol. The van der Waals surface area contributed by atoms with E-state index < -0.39 is 0 Å². The first kappa shape index (κ1) is 19.2. The molecule has 0 aromatic carbocycles. The van der Waals surface area contributed by atoms with Crippen molar-refractivity contribution in [1.82, 2.24) is 19.6 Å². The highest BCUT2D eigenvalue weighted by atomic mass is 16.5. The summed E-state index contributed by atoms with van der Waals surface area (Å²) >= 11 is 0. The maximum absolute atomic E-state index is 12.7. The number of likely N-dealkylation sites (tertiary alicyclic amines) is 2. The lowest BCUT2D eigenvalue weighted by atomic mass is 9.80. The van der Waals surface area contributed by atoms with Gasteiger partial charge in [0.15, 0.2) is 0 Å². The number of morpholine rings is 1. The van der Waals surface area contributed by atoms with Gasteiger partial charge in [-0.1, -0.05) is 13.8 Å². The third-order valence-electron chi connectivity index (χ3n) is 6.98. The van der Waals surface area contributed by atoms with Gasteiger partial charge in [-0.25, -0.2) is 0 Å². The van der Waals surface area contributed by atoms with Crippen LogP contribution in [0.1, 0.15) is 33.6 Å². The van der Waals surface area contributed by atoms with Crippen molar-refractivity contribution < 1.29 is 14.3 Å². The molecule has 27 heavy (non-hydrogen) atoms. The van der Waals surface area contributed by atoms with Gasteiger partial charge in [0.05, 0.1) is 24.8 Å². The first-order valence-electron chi connectivity index (χ1n) is 10.5. The number of hydrogen-bond acceptors (Lipinski definition) is 5. The zero-order valence-corrected chi connectivity index (χ0v) is 17.0. The molecule has 0 aromatic heterocycles. The van der Waals surface area contributed by atoms with Gasteiger partial charge in [-0.2, -0.15) is 0 Å². The molecule has 1 atom stereocenters. The minimum Gasteiger partial charge on any atom is -0.378 e. The van der Waals surface area contributed by atoms with Crippen molar-refractivity contribution in [2.45, 2.75) is 51.2 Å². The fraction of sp³-hybridized carbons (Fsp3) is 0.900. The van der Waals surface area contributed by atoms with Gasteiger partial charge in [0.25, 0.3) is 0 Å². The van der Waals surface area contributed by atoms with Crippen LogP contribution in [0, 0.1) is 5.92 Å². The molecule has 7 nitrogen and oxygen atoms in total. The molecule has 0 bridgehead atoms. The number of nitrogens with zero attached hydrogens (tertiary/aromatic N) is 4. The summed E-state index contributed by atoms with van der Waals surface area (Å²) in [5.41, 5.74) is 0.0922. The average Bonchev–Trinajstić information content (AvgIpc) is 2.64. The summed E-state index contributed by atoms with van der Waals surface area (Å²) in [6.45, 7) is 13.6. The van der Waals surface area contributed by atoms with Crippen LogP contribution in [0.2, 0.25) is 0 Å². The molecule has 4 aliphatic heterocycles. The van der Waals surface area contributed by atoms with E-state index in [1.54, 1.807) is 6.92 Å². The molecule has 0 N–H and O–H groups in total. The van der Waals surface area contributed by atoms with Crippen LogP contribution < -0.4 is 0 Å². The number of rotatable bonds is 2. The predicted octanol–water partition coefficient (Wildman–Crippen LogP) is 0.251. The molecule has 4 saturated heterocycles. The van der Waals surface area contributed by atoms with Gasteiger partial charge in [-0.3, -0.25) is 19.4 Å². The van der Waals surface area contributed by atoms with Crippen LogP contribution in [0.25, 0.3) is 0 Å². The minimum absolute atomic E-state index is 0.0465. The lowest BCUT2D eigenvalue weighted by Crippen LogP contribution is -2.82. The molecule has 4 heterocycles. The molecule has 0 unspecified atom stereocenters. The number of carbonyl (C=O) groups is 2. The highest BCUT2D eigenvalue weighted by molar-refractivity contribution is 5.78. The Morgan fingerprint density at radius 3 is 2.33 bits per heavy atom. The van der Waals surface area contributed by atoms with E-state index in [4.69, 9.17) is 4.74 Å². The zero-order chi connectivity index (χ0) is 19.2. The van der Waals surface area contributed by atoms with Gasteiger partial charge in [-0.05, 0) is 12.8 Å². The molecule has 0 saturated carbocycles. The van der Waals surface area contributed by atoms with Crippen molar-refractivity contribution >= 4 is 11.8 Å². The Morgan fingerprint density at radius 2 is 1.70 bits per heavy atom. The Bertz CT molecular complexity index is 582. The Balaban J connectivity index is 1.42. The predicted molar refractivity (Wildman–Crippen MR) is 102 cm³/mol. The van der Waals surface area contributed by atoms with Crippen LogP contribution in [-0.2, 0) is 14.3 Å². The fourth-order valence-electron chi connectivity index (χ4n) is 5.52. The highest BCUT2D eigenvalue weighted by Crippen LogP contribution is 2.38. The van der Waals surface area contributed by atoms with Gasteiger partial charge in [0.2, 0.25) is 11.8 Å². The highest BCUT2D eigenvalue weighted by Gasteiger charge is 2.56. The third-order valence-corrected chi connectivity index (χ3v) is 6.98. The summed E-state index contributed by atoms with van der Waals surface area (Å²) in [7, 11) is 0. The SMILES string of the molecule is CC(=O)N1CCC(N2CC3(CN(C(=O)C(C)C)C[C@@H]4COCCN43)C2)CC1. The van der Waals surface area contributed by atoms with E-state index in [1.807, 2.05) is 18.7 Å². The third kappa shape index (κ3) is 3.49. The number of piperazine rings is 1. The van der Waals surface area contributed by atoms with E-state index in [2.05, 4.69) is 14.7 Å². The lowest BCUT2D eigenvalue weighted by Gasteiger charge is -2.65. The molecule has 4 fully saturated rings. The minimum atomic E-state index is 0.0465. The van der Waals surface area contributed by atoms with Gasteiger partial charge in [-0.15, -0.1) is 0 Å². The second-order valence-electron chi connectivity index (χ2n) is 9.16. The average molecular weight is 379 g/mol. The molecule has 7 heteroatoms. The Morgan fingerprint density at radius 1 is 1.00 bits per heavy atom. The number of carbonyl (C=O) groups excluding carboxylic acids is 2. The van der Waals surface area contributed by atoms with Crippen molar-refractivity contribution in [3.63, 3.8) is 0 Å². The molecule has 152 valence electrons. The van der Waals surface area contributed by atoms with Crippen LogP contribution in [0.3, 0.4) is 0 Å². The van der Waals surface area contributed by atoms with E-state index in [0.29, 0.717) is 12.1 Å². The van der Waals surface area contributed by atoms with Gasteiger partial charge in [0, 0.05) is 64.7 Å². The summed E-state index contributed by atoms with van der Waals surface area (Å²) < 4.78 is 5.74. The Kier molecular flexibility index (Phi) is 5.20. The van der Waals surface area contributed by atoms with Crippen LogP contribution in [-0.4, -0.2) is 108 Å². The van der Waals surface area contributed by atoms with Crippen LogP contribution >= 0.6 is 0 Å². The molecular formula is C20H34N4O3. The van der Waals surface area contributed by atoms with Crippen molar-refractivity contribution in [3.05, 3.63) is 0 Å². The van der Waals surface area contributed by atoms with Gasteiger partial charge < -0.3 is 14.5 Å². The molecule has 0 radical (unpaired) electrons. The Labute approximate surface area is 162 Å². The topological polar surface area (TPSA) is 56.3 Å². The smallest absolute Gasteiger partial charge is 0.225 e. The molecule has 4 rings (SSSR count). The largest absolute Gasteiger partial charge is 0.378 e. The first-order valence-corrected chi connectivity index (χ1v) is 10.5. The number of hydrogen-bond donors (Lipinski definition) is 0. The van der Waals surface area contributed by atoms with Crippen LogP contribution in [0.4, 0.5) is 0 Å². The summed E-state index contributed by atoms with van der Waals surface area (Å²) in [6.07, 6.45) is 2.13. The zero-order valence-electron chi connectivity index (χ0n) is 17.0. The molecule has 0 aromatic rings. The van der Waals surface area contributed by atoms with E-state index in [1.165, 1.54) is 0 Å². The van der Waals surface area contributed by atoms with Crippen molar-refractivity contribution in [2.75, 3.05) is 59.0 Å². The molecule has 1 spiro atoms. The second-order valence-corrected chi connectivity index (χ2v) is 9.16. The van der Waals surface area contributed by atoms with E-state index in [-0.39, 0.29) is 23.3 Å². The van der Waals surface area contributed by atoms with Crippen molar-refractivity contribution in [3.8, 4) is 0 Å². The van der Waals surface area contributed by atoms with Crippen molar-refractivity contribution in [2.24, 2.45) is 5.92 Å². The van der Waals surface area contributed by atoms with E-state index >= 15 is 0 Å². The Hall–Kier alpha value is -1.18. The van der Waals surface area contributed by atoms with Crippen LogP contribution in [0.5, 0.6) is 0 Å². The summed E-state index contributed by atoms with van der Waals surface area (Å²) in [6, 6.07) is 0.902. The quantitative estimate of drug-likeness (QED) is 0.690. The fourth-order valence-corrected chi connectivity index (χ4v) is 5.52. The maximum atomic E-state index is 12.7. The molecular weight excluding hydrogens is 344 g/mol. The molecule has 4 aliphatic rings. The number of ether oxygens (including phenoxy) is 1. The standard InChI is InChI=1S/C20H34N4O3/c1-15(2)19(26)22-10-18-11-27-9-8-24(18)20(12-22)13-23(14-20)17-4-6-21(7-5-17)16(3)25/h15,17-18H,4-14H2,1-3H3/t18-/m1/s1.